The zero-order valence-electron chi connectivity index (χ0n) is 15.7. The van der Waals surface area contributed by atoms with Crippen molar-refractivity contribution < 1.29 is 23.4 Å². The third-order valence-corrected chi connectivity index (χ3v) is 3.77. The molecule has 2 aromatic rings. The Balaban J connectivity index is 1.89. The van der Waals surface area contributed by atoms with E-state index < -0.39 is 11.8 Å². The Hall–Kier alpha value is -3.41. The average molecular weight is 381 g/mol. The molecule has 0 aliphatic carbocycles. The van der Waals surface area contributed by atoms with Gasteiger partial charge in [0.05, 0.1) is 12.2 Å². The summed E-state index contributed by atoms with van der Waals surface area (Å²) in [5.74, 6) is -0.0770. The first-order valence-corrected chi connectivity index (χ1v) is 8.79. The fraction of sp³-hybridized carbons (Fsp3) is 0.182. The maximum absolute atomic E-state index is 13.9. The van der Waals surface area contributed by atoms with Gasteiger partial charge in [-0.05, 0) is 55.3 Å². The third kappa shape index (κ3) is 4.46. The van der Waals surface area contributed by atoms with Crippen molar-refractivity contribution >= 4 is 17.9 Å². The molecule has 1 aliphatic heterocycles. The molecule has 5 nitrogen and oxygen atoms in total. The fourth-order valence-electron chi connectivity index (χ4n) is 2.52. The zero-order chi connectivity index (χ0) is 20.1. The van der Waals surface area contributed by atoms with Crippen LogP contribution in [0.15, 0.2) is 65.3 Å². The molecule has 0 unspecified atom stereocenters. The molecule has 1 heterocycles. The highest BCUT2D eigenvalue weighted by Crippen LogP contribution is 2.30. The van der Waals surface area contributed by atoms with Gasteiger partial charge in [0.1, 0.15) is 12.4 Å². The van der Waals surface area contributed by atoms with E-state index in [0.29, 0.717) is 30.3 Å². The van der Waals surface area contributed by atoms with Gasteiger partial charge in [-0.25, -0.2) is 14.2 Å². The zero-order valence-corrected chi connectivity index (χ0v) is 15.7. The predicted molar refractivity (Wildman–Crippen MR) is 105 cm³/mol. The van der Waals surface area contributed by atoms with E-state index >= 15 is 0 Å². The predicted octanol–water partition coefficient (Wildman–Crippen LogP) is 4.52. The molecule has 0 aromatic heterocycles. The molecule has 144 valence electrons. The number of halogens is 1. The van der Waals surface area contributed by atoms with Crippen LogP contribution in [-0.4, -0.2) is 25.1 Å². The summed E-state index contributed by atoms with van der Waals surface area (Å²) in [6.45, 7) is 8.39. The van der Waals surface area contributed by atoms with E-state index in [1.54, 1.807) is 36.4 Å². The Bertz CT molecular complexity index is 978. The van der Waals surface area contributed by atoms with E-state index in [1.807, 2.05) is 13.8 Å². The summed E-state index contributed by atoms with van der Waals surface area (Å²) >= 11 is 0. The van der Waals surface area contributed by atoms with Crippen LogP contribution in [0.2, 0.25) is 0 Å². The highest BCUT2D eigenvalue weighted by atomic mass is 19.1. The molecule has 0 bridgehead atoms. The molecule has 1 aliphatic rings. The standard InChI is InChI=1S/C22H20FNO4/c1-4-26-20-12-15(9-10-19(20)27-13-14(2)3)11-18-22(25)28-21(24-18)16-7-5-6-8-17(16)23/h5-12H,2,4,13H2,1,3H3/b18-11-. The summed E-state index contributed by atoms with van der Waals surface area (Å²) in [4.78, 5) is 16.3. The van der Waals surface area contributed by atoms with Crippen LogP contribution in [0.25, 0.3) is 6.08 Å². The number of ether oxygens (including phenoxy) is 3. The Morgan fingerprint density at radius 1 is 1.21 bits per heavy atom. The Morgan fingerprint density at radius 3 is 2.71 bits per heavy atom. The summed E-state index contributed by atoms with van der Waals surface area (Å²) in [6, 6.07) is 11.3. The Kier molecular flexibility index (Phi) is 5.89. The lowest BCUT2D eigenvalue weighted by Gasteiger charge is -2.12. The second kappa shape index (κ2) is 8.52. The molecule has 0 atom stereocenters. The monoisotopic (exact) mass is 381 g/mol. The molecule has 0 fully saturated rings. The number of hydrogen-bond donors (Lipinski definition) is 0. The van der Waals surface area contributed by atoms with Crippen molar-refractivity contribution in [1.29, 1.82) is 0 Å². The molecule has 0 N–H and O–H groups in total. The van der Waals surface area contributed by atoms with E-state index in [-0.39, 0.29) is 17.2 Å². The van der Waals surface area contributed by atoms with Gasteiger partial charge in [-0.15, -0.1) is 0 Å². The molecule has 0 radical (unpaired) electrons. The van der Waals surface area contributed by atoms with Gasteiger partial charge < -0.3 is 14.2 Å². The molecule has 2 aromatic carbocycles. The van der Waals surface area contributed by atoms with Crippen molar-refractivity contribution in [3.63, 3.8) is 0 Å². The topological polar surface area (TPSA) is 57.1 Å². The minimum absolute atomic E-state index is 0.0548. The van der Waals surface area contributed by atoms with Gasteiger partial charge in [0.25, 0.3) is 0 Å². The van der Waals surface area contributed by atoms with Crippen LogP contribution in [0.3, 0.4) is 0 Å². The molecule has 6 heteroatoms. The van der Waals surface area contributed by atoms with Crippen LogP contribution >= 0.6 is 0 Å². The summed E-state index contributed by atoms with van der Waals surface area (Å²) < 4.78 is 30.3. The van der Waals surface area contributed by atoms with Gasteiger partial charge in [-0.2, -0.15) is 0 Å². The normalized spacial score (nSPS) is 14.6. The van der Waals surface area contributed by atoms with Crippen LogP contribution < -0.4 is 9.47 Å². The van der Waals surface area contributed by atoms with Crippen LogP contribution in [-0.2, 0) is 9.53 Å². The van der Waals surface area contributed by atoms with Crippen LogP contribution in [0.4, 0.5) is 4.39 Å². The van der Waals surface area contributed by atoms with E-state index in [2.05, 4.69) is 11.6 Å². The van der Waals surface area contributed by atoms with Crippen molar-refractivity contribution in [2.24, 2.45) is 4.99 Å². The van der Waals surface area contributed by atoms with Gasteiger partial charge in [0, 0.05) is 0 Å². The minimum atomic E-state index is -0.640. The highest BCUT2D eigenvalue weighted by Gasteiger charge is 2.26. The summed E-state index contributed by atoms with van der Waals surface area (Å²) in [6.07, 6.45) is 1.56. The largest absolute Gasteiger partial charge is 0.490 e. The molecule has 0 saturated heterocycles. The van der Waals surface area contributed by atoms with Crippen molar-refractivity contribution in [2.45, 2.75) is 13.8 Å². The average Bonchev–Trinajstić information content (AvgIpc) is 3.02. The van der Waals surface area contributed by atoms with Crippen molar-refractivity contribution in [3.05, 3.63) is 77.3 Å². The van der Waals surface area contributed by atoms with Crippen molar-refractivity contribution in [2.75, 3.05) is 13.2 Å². The quantitative estimate of drug-likeness (QED) is 0.402. The van der Waals surface area contributed by atoms with Crippen LogP contribution in [0.5, 0.6) is 11.5 Å². The van der Waals surface area contributed by atoms with E-state index in [9.17, 15) is 9.18 Å². The van der Waals surface area contributed by atoms with E-state index in [0.717, 1.165) is 5.57 Å². The highest BCUT2D eigenvalue weighted by molar-refractivity contribution is 6.12. The number of esters is 1. The van der Waals surface area contributed by atoms with Gasteiger partial charge in [0.2, 0.25) is 5.90 Å². The summed E-state index contributed by atoms with van der Waals surface area (Å²) in [7, 11) is 0. The maximum atomic E-state index is 13.9. The number of carbonyl (C=O) groups excluding carboxylic acids is 1. The number of rotatable bonds is 7. The lowest BCUT2D eigenvalue weighted by Crippen LogP contribution is -2.07. The molecule has 0 amide bonds. The number of aliphatic imine (C=N–C) groups is 1. The number of nitrogens with zero attached hydrogens (tertiary/aromatic N) is 1. The van der Waals surface area contributed by atoms with Crippen molar-refractivity contribution in [3.8, 4) is 11.5 Å². The lowest BCUT2D eigenvalue weighted by atomic mass is 10.1. The maximum Gasteiger partial charge on any atom is 0.363 e. The fourth-order valence-corrected chi connectivity index (χ4v) is 2.52. The number of cyclic esters (lactones) is 1. The first kappa shape index (κ1) is 19.4. The lowest BCUT2D eigenvalue weighted by molar-refractivity contribution is -0.129. The molecule has 3 rings (SSSR count). The van der Waals surface area contributed by atoms with Gasteiger partial charge in [0.15, 0.2) is 17.2 Å². The summed E-state index contributed by atoms with van der Waals surface area (Å²) in [5, 5.41) is 0. The minimum Gasteiger partial charge on any atom is -0.490 e. The number of hydrogen-bond acceptors (Lipinski definition) is 5. The third-order valence-electron chi connectivity index (χ3n) is 3.77. The smallest absolute Gasteiger partial charge is 0.363 e. The molecule has 0 spiro atoms. The van der Waals surface area contributed by atoms with Gasteiger partial charge in [-0.1, -0.05) is 24.8 Å². The number of benzene rings is 2. The second-order valence-electron chi connectivity index (χ2n) is 6.20. The first-order valence-electron chi connectivity index (χ1n) is 8.79. The van der Waals surface area contributed by atoms with E-state index in [4.69, 9.17) is 14.2 Å². The number of carbonyl (C=O) groups is 1. The Labute approximate surface area is 162 Å². The van der Waals surface area contributed by atoms with Crippen LogP contribution in [0, 0.1) is 5.82 Å². The Morgan fingerprint density at radius 2 is 2.00 bits per heavy atom. The van der Waals surface area contributed by atoms with Gasteiger partial charge in [-0.3, -0.25) is 0 Å². The van der Waals surface area contributed by atoms with E-state index in [1.165, 1.54) is 12.1 Å². The molecule has 28 heavy (non-hydrogen) atoms. The SMILES string of the molecule is C=C(C)COc1ccc(/C=C2\N=C(c3ccccc3F)OC2=O)cc1OCC. The molecule has 0 saturated carbocycles. The second-order valence-corrected chi connectivity index (χ2v) is 6.20. The van der Waals surface area contributed by atoms with Crippen LogP contribution in [0.1, 0.15) is 25.0 Å². The van der Waals surface area contributed by atoms with Crippen molar-refractivity contribution in [1.82, 2.24) is 0 Å². The molecular formula is C22H20FNO4. The summed E-state index contributed by atoms with van der Waals surface area (Å²) in [5.41, 5.74) is 1.78. The van der Waals surface area contributed by atoms with Gasteiger partial charge >= 0.3 is 5.97 Å². The molecular weight excluding hydrogens is 361 g/mol. The first-order chi connectivity index (χ1) is 13.5.